The third-order valence-corrected chi connectivity index (χ3v) is 6.95. The Morgan fingerprint density at radius 2 is 1.47 bits per heavy atom. The molecule has 1 unspecified atom stereocenters. The van der Waals surface area contributed by atoms with Gasteiger partial charge in [0.15, 0.2) is 0 Å². The molecule has 0 saturated heterocycles. The first kappa shape index (κ1) is 20.6. The van der Waals surface area contributed by atoms with Gasteiger partial charge in [0.1, 0.15) is 0 Å². The number of nitrogens with zero attached hydrogens (tertiary/aromatic N) is 2. The van der Waals surface area contributed by atoms with Crippen LogP contribution in [0.15, 0.2) is 127 Å². The molecular weight excluding hydrogens is 412 g/mol. The molecule has 2 heteroatoms. The predicted octanol–water partition coefficient (Wildman–Crippen LogP) is 7.65. The van der Waals surface area contributed by atoms with Crippen LogP contribution in [0.4, 0.5) is 0 Å². The van der Waals surface area contributed by atoms with Gasteiger partial charge in [0, 0.05) is 30.2 Å². The van der Waals surface area contributed by atoms with E-state index in [0.717, 1.165) is 6.54 Å². The Hall–Kier alpha value is -4.04. The van der Waals surface area contributed by atoms with Gasteiger partial charge in [-0.1, -0.05) is 97.1 Å². The number of fused-ring (bicyclic) bond motifs is 3. The summed E-state index contributed by atoms with van der Waals surface area (Å²) >= 11 is 0. The molecular formula is C32H28N2. The van der Waals surface area contributed by atoms with Crippen LogP contribution >= 0.6 is 0 Å². The van der Waals surface area contributed by atoms with E-state index in [-0.39, 0.29) is 6.04 Å². The topological polar surface area (TPSA) is 6.48 Å². The summed E-state index contributed by atoms with van der Waals surface area (Å²) in [5, 5.41) is 0. The number of hydrogen-bond donors (Lipinski definition) is 0. The average Bonchev–Trinajstić information content (AvgIpc) is 3.18. The SMILES string of the molecule is CC1=CN2/C(=C/N3CC(c4ccccc4)=C(C)C=C3c3ccccc3)c3ccccc3C2C=C1. The van der Waals surface area contributed by atoms with Crippen LogP contribution in [0.2, 0.25) is 0 Å². The summed E-state index contributed by atoms with van der Waals surface area (Å²) < 4.78 is 0. The largest absolute Gasteiger partial charge is 0.341 e. The molecule has 0 amide bonds. The zero-order chi connectivity index (χ0) is 23.1. The monoisotopic (exact) mass is 440 g/mol. The molecule has 3 aliphatic rings. The van der Waals surface area contributed by atoms with E-state index >= 15 is 0 Å². The van der Waals surface area contributed by atoms with Gasteiger partial charge in [-0.2, -0.15) is 0 Å². The van der Waals surface area contributed by atoms with Gasteiger partial charge in [-0.3, -0.25) is 0 Å². The van der Waals surface area contributed by atoms with Crippen LogP contribution in [0.25, 0.3) is 17.0 Å². The number of allylic oxidation sites excluding steroid dienone is 4. The Morgan fingerprint density at radius 1 is 0.794 bits per heavy atom. The van der Waals surface area contributed by atoms with Crippen molar-refractivity contribution in [2.75, 3.05) is 6.54 Å². The van der Waals surface area contributed by atoms with Gasteiger partial charge in [-0.15, -0.1) is 0 Å². The Labute approximate surface area is 202 Å². The summed E-state index contributed by atoms with van der Waals surface area (Å²) in [7, 11) is 0. The summed E-state index contributed by atoms with van der Waals surface area (Å²) in [5.41, 5.74) is 11.6. The molecule has 0 spiro atoms. The highest BCUT2D eigenvalue weighted by Crippen LogP contribution is 2.45. The fourth-order valence-corrected chi connectivity index (χ4v) is 5.25. The first-order valence-electron chi connectivity index (χ1n) is 11.9. The molecule has 0 fully saturated rings. The molecule has 0 bridgehead atoms. The Balaban J connectivity index is 1.50. The summed E-state index contributed by atoms with van der Waals surface area (Å²) in [4.78, 5) is 4.86. The van der Waals surface area contributed by atoms with Crippen molar-refractivity contribution < 1.29 is 0 Å². The van der Waals surface area contributed by atoms with E-state index in [9.17, 15) is 0 Å². The molecule has 2 nitrogen and oxygen atoms in total. The molecule has 0 aliphatic carbocycles. The van der Waals surface area contributed by atoms with E-state index in [1.807, 2.05) is 0 Å². The van der Waals surface area contributed by atoms with Gasteiger partial charge in [0.25, 0.3) is 0 Å². The lowest BCUT2D eigenvalue weighted by molar-refractivity contribution is 0.467. The van der Waals surface area contributed by atoms with Crippen molar-refractivity contribution >= 4 is 17.0 Å². The number of rotatable bonds is 3. The minimum absolute atomic E-state index is 0.256. The normalized spacial score (nSPS) is 20.3. The van der Waals surface area contributed by atoms with E-state index in [4.69, 9.17) is 0 Å². The summed E-state index contributed by atoms with van der Waals surface area (Å²) in [5.74, 6) is 0. The molecule has 34 heavy (non-hydrogen) atoms. The minimum atomic E-state index is 0.256. The Kier molecular flexibility index (Phi) is 5.07. The van der Waals surface area contributed by atoms with Gasteiger partial charge in [0.05, 0.1) is 11.7 Å². The van der Waals surface area contributed by atoms with Crippen LogP contribution in [0.3, 0.4) is 0 Å². The molecule has 1 atom stereocenters. The van der Waals surface area contributed by atoms with Gasteiger partial charge >= 0.3 is 0 Å². The lowest BCUT2D eigenvalue weighted by atomic mass is 9.94. The lowest BCUT2D eigenvalue weighted by Gasteiger charge is -2.33. The smallest absolute Gasteiger partial charge is 0.0780 e. The summed E-state index contributed by atoms with van der Waals surface area (Å²) in [6.45, 7) is 5.24. The first-order valence-corrected chi connectivity index (χ1v) is 11.9. The van der Waals surface area contributed by atoms with Crippen LogP contribution in [0.5, 0.6) is 0 Å². The maximum atomic E-state index is 2.43. The lowest BCUT2D eigenvalue weighted by Crippen LogP contribution is -2.25. The van der Waals surface area contributed by atoms with Crippen LogP contribution < -0.4 is 0 Å². The van der Waals surface area contributed by atoms with Crippen molar-refractivity contribution in [1.29, 1.82) is 0 Å². The van der Waals surface area contributed by atoms with Crippen molar-refractivity contribution in [2.45, 2.75) is 19.9 Å². The second-order valence-electron chi connectivity index (χ2n) is 9.24. The molecule has 3 aromatic carbocycles. The van der Waals surface area contributed by atoms with Gasteiger partial charge in [-0.25, -0.2) is 0 Å². The van der Waals surface area contributed by atoms with E-state index in [1.165, 1.54) is 50.4 Å². The van der Waals surface area contributed by atoms with Gasteiger partial charge < -0.3 is 9.80 Å². The molecule has 6 rings (SSSR count). The first-order chi connectivity index (χ1) is 16.7. The second kappa shape index (κ2) is 8.39. The Morgan fingerprint density at radius 3 is 2.24 bits per heavy atom. The highest BCUT2D eigenvalue weighted by molar-refractivity contribution is 5.83. The highest BCUT2D eigenvalue weighted by Gasteiger charge is 2.33. The third-order valence-electron chi connectivity index (χ3n) is 6.95. The molecule has 3 aromatic rings. The molecule has 3 aliphatic heterocycles. The number of hydrogen-bond acceptors (Lipinski definition) is 2. The second-order valence-corrected chi connectivity index (χ2v) is 9.24. The maximum absolute atomic E-state index is 2.43. The standard InChI is InChI=1S/C32H28N2/c1-23-17-18-30-27-15-9-10-16-28(27)32(34(30)20-23)22-33-21-29(25-11-5-3-6-12-25)24(2)19-31(33)26-13-7-4-8-14-26/h3-20,22,30H,21H2,1-2H3/b32-22+. The molecule has 0 aromatic heterocycles. The zero-order valence-electron chi connectivity index (χ0n) is 19.6. The fraction of sp³-hybridized carbons (Fsp3) is 0.125. The fourth-order valence-electron chi connectivity index (χ4n) is 5.25. The van der Waals surface area contributed by atoms with Crippen molar-refractivity contribution in [3.63, 3.8) is 0 Å². The molecule has 166 valence electrons. The van der Waals surface area contributed by atoms with E-state index in [2.05, 4.69) is 139 Å². The maximum Gasteiger partial charge on any atom is 0.0780 e. The average molecular weight is 441 g/mol. The van der Waals surface area contributed by atoms with E-state index in [0.29, 0.717) is 0 Å². The van der Waals surface area contributed by atoms with Crippen molar-refractivity contribution in [3.05, 3.63) is 149 Å². The molecule has 3 heterocycles. The van der Waals surface area contributed by atoms with E-state index in [1.54, 1.807) is 0 Å². The molecule has 0 saturated carbocycles. The molecule has 0 N–H and O–H groups in total. The minimum Gasteiger partial charge on any atom is -0.341 e. The number of benzene rings is 3. The quantitative estimate of drug-likeness (QED) is 0.413. The Bertz CT molecular complexity index is 1390. The van der Waals surface area contributed by atoms with Crippen LogP contribution in [-0.2, 0) is 0 Å². The van der Waals surface area contributed by atoms with Crippen LogP contribution in [0, 0.1) is 0 Å². The van der Waals surface area contributed by atoms with Gasteiger partial charge in [0.2, 0.25) is 0 Å². The van der Waals surface area contributed by atoms with Crippen molar-refractivity contribution in [1.82, 2.24) is 9.80 Å². The summed E-state index contributed by atoms with van der Waals surface area (Å²) in [6, 6.07) is 30.6. The van der Waals surface area contributed by atoms with Crippen LogP contribution in [0.1, 0.15) is 42.1 Å². The molecule has 0 radical (unpaired) electrons. The van der Waals surface area contributed by atoms with Crippen molar-refractivity contribution in [3.8, 4) is 0 Å². The van der Waals surface area contributed by atoms with Crippen molar-refractivity contribution in [2.24, 2.45) is 0 Å². The van der Waals surface area contributed by atoms with Gasteiger partial charge in [-0.05, 0) is 53.3 Å². The van der Waals surface area contributed by atoms with Crippen LogP contribution in [-0.4, -0.2) is 16.3 Å². The summed E-state index contributed by atoms with van der Waals surface area (Å²) in [6.07, 6.45) is 11.5. The highest BCUT2D eigenvalue weighted by atomic mass is 15.2. The zero-order valence-corrected chi connectivity index (χ0v) is 19.6. The van der Waals surface area contributed by atoms with E-state index < -0.39 is 0 Å². The third kappa shape index (κ3) is 3.52. The predicted molar refractivity (Wildman–Crippen MR) is 142 cm³/mol.